The van der Waals surface area contributed by atoms with Crippen LogP contribution in [0.3, 0.4) is 0 Å². The van der Waals surface area contributed by atoms with Gasteiger partial charge in [0, 0.05) is 0 Å². The van der Waals surface area contributed by atoms with E-state index in [2.05, 4.69) is 4.74 Å². The molecule has 18 heavy (non-hydrogen) atoms. The van der Waals surface area contributed by atoms with Crippen LogP contribution in [-0.4, -0.2) is 25.8 Å². The molecule has 1 aromatic rings. The van der Waals surface area contributed by atoms with Gasteiger partial charge in [0.15, 0.2) is 11.5 Å². The average Bonchev–Trinajstić information content (AvgIpc) is 2.33. The molecule has 0 heterocycles. The summed E-state index contributed by atoms with van der Waals surface area (Å²) in [4.78, 5) is 11.5. The van der Waals surface area contributed by atoms with Crippen LogP contribution in [0.15, 0.2) is 12.1 Å². The minimum Gasteiger partial charge on any atom is -0.490 e. The highest BCUT2D eigenvalue weighted by Crippen LogP contribution is 2.31. The van der Waals surface area contributed by atoms with Gasteiger partial charge in [0.25, 0.3) is 0 Å². The van der Waals surface area contributed by atoms with Crippen LogP contribution < -0.4 is 9.47 Å². The molecule has 0 aliphatic rings. The van der Waals surface area contributed by atoms with Gasteiger partial charge in [-0.3, -0.25) is 0 Å². The predicted octanol–water partition coefficient (Wildman–Crippen LogP) is 2.80. The summed E-state index contributed by atoms with van der Waals surface area (Å²) >= 11 is 0. The van der Waals surface area contributed by atoms with Crippen molar-refractivity contribution in [2.75, 3.05) is 13.7 Å². The Hall–Kier alpha value is -1.78. The molecular weight excluding hydrogens is 239 g/mol. The fourth-order valence-corrected chi connectivity index (χ4v) is 1.44. The summed E-state index contributed by atoms with van der Waals surface area (Å²) in [5.74, 6) is -1.41. The summed E-state index contributed by atoms with van der Waals surface area (Å²) in [5, 5.41) is 0. The Morgan fingerprint density at radius 3 is 2.56 bits per heavy atom. The van der Waals surface area contributed by atoms with E-state index in [1.807, 2.05) is 0 Å². The van der Waals surface area contributed by atoms with E-state index >= 15 is 0 Å². The van der Waals surface area contributed by atoms with Crippen molar-refractivity contribution in [3.05, 3.63) is 23.5 Å². The number of methoxy groups -OCH3 is 1. The molecule has 0 spiro atoms. The molecule has 5 heteroatoms. The molecule has 0 aromatic heterocycles. The second-order valence-corrected chi connectivity index (χ2v) is 3.85. The minimum atomic E-state index is -0.687. The summed E-state index contributed by atoms with van der Waals surface area (Å²) in [6.07, 6.45) is -0.169. The number of carbonyl (C=O) groups excluding carboxylic acids is 1. The van der Waals surface area contributed by atoms with Crippen molar-refractivity contribution in [1.29, 1.82) is 0 Å². The lowest BCUT2D eigenvalue weighted by atomic mass is 10.2. The number of carbonyl (C=O) groups is 1. The number of hydrogen-bond donors (Lipinski definition) is 0. The maximum atomic E-state index is 14.1. The molecule has 1 rings (SSSR count). The lowest BCUT2D eigenvalue weighted by Gasteiger charge is -2.15. The Balaban J connectivity index is 3.23. The number of hydrogen-bond acceptors (Lipinski definition) is 4. The number of benzene rings is 1. The zero-order chi connectivity index (χ0) is 13.7. The summed E-state index contributed by atoms with van der Waals surface area (Å²) in [5.41, 5.74) is 0.0490. The summed E-state index contributed by atoms with van der Waals surface area (Å²) in [7, 11) is 1.23. The fourth-order valence-electron chi connectivity index (χ4n) is 1.44. The summed E-state index contributed by atoms with van der Waals surface area (Å²) < 4.78 is 29.1. The Labute approximate surface area is 106 Å². The smallest absolute Gasteiger partial charge is 0.341 e. The average molecular weight is 256 g/mol. The van der Waals surface area contributed by atoms with Gasteiger partial charge in [-0.1, -0.05) is 0 Å². The van der Waals surface area contributed by atoms with Crippen molar-refractivity contribution >= 4 is 5.97 Å². The van der Waals surface area contributed by atoms with E-state index in [-0.39, 0.29) is 29.8 Å². The number of halogens is 1. The zero-order valence-corrected chi connectivity index (χ0v) is 11.0. The largest absolute Gasteiger partial charge is 0.490 e. The maximum absolute atomic E-state index is 14.1. The number of ether oxygens (including phenoxy) is 3. The van der Waals surface area contributed by atoms with Crippen LogP contribution in [-0.2, 0) is 4.74 Å². The van der Waals surface area contributed by atoms with E-state index in [4.69, 9.17) is 9.47 Å². The third-order valence-electron chi connectivity index (χ3n) is 2.12. The van der Waals surface area contributed by atoms with Gasteiger partial charge >= 0.3 is 5.97 Å². The van der Waals surface area contributed by atoms with Crippen molar-refractivity contribution in [3.63, 3.8) is 0 Å². The van der Waals surface area contributed by atoms with Gasteiger partial charge < -0.3 is 14.2 Å². The Bertz CT molecular complexity index is 429. The molecule has 0 N–H and O–H groups in total. The Morgan fingerprint density at radius 2 is 2.06 bits per heavy atom. The maximum Gasteiger partial charge on any atom is 0.341 e. The third-order valence-corrected chi connectivity index (χ3v) is 2.12. The first-order valence-electron chi connectivity index (χ1n) is 5.71. The Kier molecular flexibility index (Phi) is 4.95. The summed E-state index contributed by atoms with van der Waals surface area (Å²) in [6, 6.07) is 2.82. The van der Waals surface area contributed by atoms with Crippen LogP contribution in [0.2, 0.25) is 0 Å². The molecule has 0 amide bonds. The van der Waals surface area contributed by atoms with E-state index in [0.717, 1.165) is 0 Å². The first-order valence-corrected chi connectivity index (χ1v) is 5.71. The highest BCUT2D eigenvalue weighted by Gasteiger charge is 2.21. The molecule has 0 radical (unpaired) electrons. The fraction of sp³-hybridized carbons (Fsp3) is 0.462. The molecular formula is C13H17FO4. The van der Waals surface area contributed by atoms with Crippen molar-refractivity contribution in [3.8, 4) is 11.5 Å². The van der Waals surface area contributed by atoms with Crippen LogP contribution in [0.5, 0.6) is 11.5 Å². The molecule has 0 atom stereocenters. The summed E-state index contributed by atoms with van der Waals surface area (Å²) in [6.45, 7) is 5.52. The predicted molar refractivity (Wildman–Crippen MR) is 64.7 cm³/mol. The van der Waals surface area contributed by atoms with Crippen LogP contribution in [0.25, 0.3) is 0 Å². The molecule has 0 saturated heterocycles. The molecule has 0 aliphatic carbocycles. The van der Waals surface area contributed by atoms with Gasteiger partial charge in [-0.15, -0.1) is 0 Å². The topological polar surface area (TPSA) is 44.8 Å². The van der Waals surface area contributed by atoms with Gasteiger partial charge in [-0.2, -0.15) is 4.39 Å². The molecule has 1 aromatic carbocycles. The molecule has 100 valence electrons. The van der Waals surface area contributed by atoms with Gasteiger partial charge in [0.2, 0.25) is 5.82 Å². The SMILES string of the molecule is CCOc1c(C(=O)OC)ccc(OC(C)C)c1F. The van der Waals surface area contributed by atoms with Crippen LogP contribution >= 0.6 is 0 Å². The van der Waals surface area contributed by atoms with Crippen LogP contribution in [0, 0.1) is 5.82 Å². The first-order chi connectivity index (χ1) is 8.51. The zero-order valence-electron chi connectivity index (χ0n) is 11.0. The Morgan fingerprint density at radius 1 is 1.39 bits per heavy atom. The van der Waals surface area contributed by atoms with Gasteiger partial charge in [0.1, 0.15) is 5.56 Å². The quantitative estimate of drug-likeness (QED) is 0.760. The molecule has 0 fully saturated rings. The minimum absolute atomic E-state index is 0.0490. The van der Waals surface area contributed by atoms with Crippen molar-refractivity contribution in [2.24, 2.45) is 0 Å². The van der Waals surface area contributed by atoms with Gasteiger partial charge in [0.05, 0.1) is 19.8 Å². The second-order valence-electron chi connectivity index (χ2n) is 3.85. The normalized spacial score (nSPS) is 10.3. The van der Waals surface area contributed by atoms with E-state index in [1.165, 1.54) is 19.2 Å². The third kappa shape index (κ3) is 3.12. The van der Waals surface area contributed by atoms with Crippen molar-refractivity contribution in [2.45, 2.75) is 26.9 Å². The molecule has 0 aliphatic heterocycles. The standard InChI is InChI=1S/C13H17FO4/c1-5-17-12-9(13(15)16-4)6-7-10(11(12)14)18-8(2)3/h6-8H,5H2,1-4H3. The molecule has 4 nitrogen and oxygen atoms in total. The number of esters is 1. The van der Waals surface area contributed by atoms with Crippen molar-refractivity contribution < 1.29 is 23.4 Å². The van der Waals surface area contributed by atoms with Gasteiger partial charge in [-0.25, -0.2) is 4.79 Å². The van der Waals surface area contributed by atoms with E-state index in [0.29, 0.717) is 0 Å². The second kappa shape index (κ2) is 6.23. The monoisotopic (exact) mass is 256 g/mol. The van der Waals surface area contributed by atoms with Crippen molar-refractivity contribution in [1.82, 2.24) is 0 Å². The molecule has 0 bridgehead atoms. The lowest BCUT2D eigenvalue weighted by molar-refractivity contribution is 0.0595. The van der Waals surface area contributed by atoms with E-state index in [9.17, 15) is 9.18 Å². The lowest BCUT2D eigenvalue weighted by Crippen LogP contribution is -2.11. The molecule has 0 saturated carbocycles. The highest BCUT2D eigenvalue weighted by molar-refractivity contribution is 5.92. The first kappa shape index (κ1) is 14.3. The van der Waals surface area contributed by atoms with E-state index in [1.54, 1.807) is 20.8 Å². The molecule has 0 unspecified atom stereocenters. The number of rotatable bonds is 5. The van der Waals surface area contributed by atoms with Gasteiger partial charge in [-0.05, 0) is 32.9 Å². The van der Waals surface area contributed by atoms with Crippen LogP contribution in [0.1, 0.15) is 31.1 Å². The van der Waals surface area contributed by atoms with E-state index < -0.39 is 11.8 Å². The highest BCUT2D eigenvalue weighted by atomic mass is 19.1. The van der Waals surface area contributed by atoms with Crippen LogP contribution in [0.4, 0.5) is 4.39 Å².